The first kappa shape index (κ1) is 22.9. The largest absolute Gasteiger partial charge is 0.285 e. The van der Waals surface area contributed by atoms with Gasteiger partial charge in [0.05, 0.1) is 24.3 Å². The second-order valence-corrected chi connectivity index (χ2v) is 9.23. The van der Waals surface area contributed by atoms with Gasteiger partial charge in [-0.15, -0.1) is 4.40 Å². The van der Waals surface area contributed by atoms with Gasteiger partial charge in [-0.05, 0) is 47.5 Å². The maximum Gasteiger partial charge on any atom is 0.285 e. The number of hydrogen-bond donors (Lipinski definition) is 1. The van der Waals surface area contributed by atoms with Crippen LogP contribution in [-0.4, -0.2) is 38.8 Å². The molecule has 3 aromatic carbocycles. The zero-order chi connectivity index (χ0) is 23.4. The number of hydrogen-bond acceptors (Lipinski definition) is 4. The number of nitrogens with zero attached hydrogens (tertiary/aromatic N) is 3. The van der Waals surface area contributed by atoms with Crippen molar-refractivity contribution < 1.29 is 17.6 Å². The fourth-order valence-corrected chi connectivity index (χ4v) is 4.52. The van der Waals surface area contributed by atoms with Gasteiger partial charge in [-0.2, -0.15) is 13.5 Å². The molecule has 1 N–H and O–H groups in total. The summed E-state index contributed by atoms with van der Waals surface area (Å²) in [5, 5.41) is 6.46. The van der Waals surface area contributed by atoms with Crippen molar-refractivity contribution in [1.82, 2.24) is 10.5 Å². The van der Waals surface area contributed by atoms with Crippen LogP contribution in [0.5, 0.6) is 0 Å². The number of hydroxylamine groups is 1. The number of hydrazone groups is 1. The van der Waals surface area contributed by atoms with Crippen molar-refractivity contribution in [2.45, 2.75) is 10.8 Å². The molecule has 1 unspecified atom stereocenters. The first-order valence-electron chi connectivity index (χ1n) is 9.94. The van der Waals surface area contributed by atoms with Gasteiger partial charge in [0.15, 0.2) is 0 Å². The standard InChI is InChI=1S/C23H20ClFN4O3S/c1-32-27-23(28-33(30,31)20-13-9-18(24)10-14-20)29-15-21(16-5-3-2-4-6-16)22(26-29)17-7-11-19(25)12-8-17/h2-14,21H,15H2,1H3,(H,27,28). The van der Waals surface area contributed by atoms with E-state index in [4.69, 9.17) is 16.4 Å². The van der Waals surface area contributed by atoms with Crippen LogP contribution in [0.3, 0.4) is 0 Å². The Morgan fingerprint density at radius 3 is 2.39 bits per heavy atom. The molecule has 4 rings (SSSR count). The smallest absolute Gasteiger partial charge is 0.277 e. The summed E-state index contributed by atoms with van der Waals surface area (Å²) in [4.78, 5) is 4.96. The normalized spacial score (nSPS) is 16.6. The fourth-order valence-electron chi connectivity index (χ4n) is 3.44. The highest BCUT2D eigenvalue weighted by atomic mass is 35.5. The lowest BCUT2D eigenvalue weighted by Crippen LogP contribution is -2.38. The third-order valence-corrected chi connectivity index (χ3v) is 6.55. The van der Waals surface area contributed by atoms with Gasteiger partial charge in [0, 0.05) is 10.9 Å². The van der Waals surface area contributed by atoms with Crippen molar-refractivity contribution in [3.8, 4) is 0 Å². The van der Waals surface area contributed by atoms with E-state index < -0.39 is 10.0 Å². The Bertz CT molecular complexity index is 1280. The molecule has 170 valence electrons. The molecular weight excluding hydrogens is 467 g/mol. The van der Waals surface area contributed by atoms with Gasteiger partial charge in [-0.25, -0.2) is 14.9 Å². The molecule has 1 aliphatic heterocycles. The van der Waals surface area contributed by atoms with Crippen molar-refractivity contribution in [1.29, 1.82) is 0 Å². The number of halogens is 2. The van der Waals surface area contributed by atoms with E-state index in [0.29, 0.717) is 22.8 Å². The van der Waals surface area contributed by atoms with Crippen molar-refractivity contribution in [2.75, 3.05) is 13.7 Å². The molecule has 1 heterocycles. The Kier molecular flexibility index (Phi) is 6.73. The first-order valence-corrected chi connectivity index (χ1v) is 11.8. The van der Waals surface area contributed by atoms with Gasteiger partial charge in [-0.1, -0.05) is 54.1 Å². The van der Waals surface area contributed by atoms with Crippen LogP contribution in [0.15, 0.2) is 93.3 Å². The zero-order valence-corrected chi connectivity index (χ0v) is 19.1. The Hall–Kier alpha value is -3.27. The Labute approximate surface area is 196 Å². The van der Waals surface area contributed by atoms with Gasteiger partial charge in [0.2, 0.25) is 0 Å². The van der Waals surface area contributed by atoms with Gasteiger partial charge in [-0.3, -0.25) is 4.84 Å². The van der Waals surface area contributed by atoms with Crippen molar-refractivity contribution in [3.63, 3.8) is 0 Å². The van der Waals surface area contributed by atoms with Gasteiger partial charge in [0.1, 0.15) is 5.82 Å². The molecule has 1 atom stereocenters. The minimum atomic E-state index is -4.08. The fraction of sp³-hybridized carbons (Fsp3) is 0.130. The van der Waals surface area contributed by atoms with E-state index in [1.807, 2.05) is 30.3 Å². The highest BCUT2D eigenvalue weighted by Gasteiger charge is 2.32. The molecule has 0 aromatic heterocycles. The number of guanidine groups is 1. The Balaban J connectivity index is 1.75. The number of nitrogens with one attached hydrogen (secondary N) is 1. The molecule has 1 aliphatic rings. The summed E-state index contributed by atoms with van der Waals surface area (Å²) in [6.45, 7) is 0.294. The van der Waals surface area contributed by atoms with Crippen LogP contribution >= 0.6 is 11.6 Å². The van der Waals surface area contributed by atoms with Gasteiger partial charge in [0.25, 0.3) is 16.0 Å². The average molecular weight is 487 g/mol. The third kappa shape index (κ3) is 5.22. The molecule has 3 aromatic rings. The summed E-state index contributed by atoms with van der Waals surface area (Å²) in [5.41, 5.74) is 4.85. The molecule has 0 amide bonds. The summed E-state index contributed by atoms with van der Waals surface area (Å²) in [6.07, 6.45) is 0. The lowest BCUT2D eigenvalue weighted by Gasteiger charge is -2.18. The van der Waals surface area contributed by atoms with Crippen LogP contribution in [0.25, 0.3) is 0 Å². The van der Waals surface area contributed by atoms with Crippen molar-refractivity contribution >= 4 is 33.3 Å². The highest BCUT2D eigenvalue weighted by Crippen LogP contribution is 2.29. The summed E-state index contributed by atoms with van der Waals surface area (Å²) < 4.78 is 43.2. The molecule has 0 aliphatic carbocycles. The summed E-state index contributed by atoms with van der Waals surface area (Å²) >= 11 is 5.87. The molecule has 0 spiro atoms. The van der Waals surface area contributed by atoms with E-state index in [-0.39, 0.29) is 22.6 Å². The van der Waals surface area contributed by atoms with Crippen molar-refractivity contribution in [2.24, 2.45) is 9.50 Å². The van der Waals surface area contributed by atoms with Crippen LogP contribution in [0.2, 0.25) is 5.02 Å². The van der Waals surface area contributed by atoms with E-state index in [9.17, 15) is 12.8 Å². The average Bonchev–Trinajstić information content (AvgIpc) is 3.25. The van der Waals surface area contributed by atoms with Crippen LogP contribution in [0.4, 0.5) is 4.39 Å². The molecular formula is C23H20ClFN4O3S. The molecule has 7 nitrogen and oxygen atoms in total. The monoisotopic (exact) mass is 486 g/mol. The Morgan fingerprint density at radius 1 is 1.09 bits per heavy atom. The molecule has 0 saturated carbocycles. The second kappa shape index (κ2) is 9.70. The highest BCUT2D eigenvalue weighted by molar-refractivity contribution is 7.90. The summed E-state index contributed by atoms with van der Waals surface area (Å²) in [6, 6.07) is 21.3. The maximum atomic E-state index is 13.5. The third-order valence-electron chi connectivity index (χ3n) is 5.01. The van der Waals surface area contributed by atoms with E-state index in [1.165, 1.54) is 48.5 Å². The van der Waals surface area contributed by atoms with E-state index in [1.54, 1.807) is 12.1 Å². The number of sulfonamides is 1. The minimum absolute atomic E-state index is 0.0242. The van der Waals surface area contributed by atoms with Crippen molar-refractivity contribution in [3.05, 3.63) is 101 Å². The van der Waals surface area contributed by atoms with Crippen LogP contribution < -0.4 is 5.48 Å². The number of benzene rings is 3. The lowest BCUT2D eigenvalue weighted by molar-refractivity contribution is 0.132. The van der Waals surface area contributed by atoms with E-state index in [2.05, 4.69) is 15.0 Å². The van der Waals surface area contributed by atoms with Gasteiger partial charge >= 0.3 is 0 Å². The summed E-state index contributed by atoms with van der Waals surface area (Å²) in [7, 11) is -2.73. The van der Waals surface area contributed by atoms with Crippen LogP contribution in [0.1, 0.15) is 17.0 Å². The quantitative estimate of drug-likeness (QED) is 0.332. The second-order valence-electron chi connectivity index (χ2n) is 7.19. The molecule has 0 bridgehead atoms. The van der Waals surface area contributed by atoms with E-state index in [0.717, 1.165) is 5.56 Å². The first-order chi connectivity index (χ1) is 15.9. The lowest BCUT2D eigenvalue weighted by atomic mass is 9.91. The van der Waals surface area contributed by atoms with Crippen LogP contribution in [0, 0.1) is 5.82 Å². The summed E-state index contributed by atoms with van der Waals surface area (Å²) in [5.74, 6) is -0.674. The topological polar surface area (TPSA) is 83.4 Å². The number of rotatable bonds is 5. The van der Waals surface area contributed by atoms with Crippen LogP contribution in [-0.2, 0) is 14.9 Å². The molecule has 0 fully saturated rings. The molecule has 10 heteroatoms. The van der Waals surface area contributed by atoms with E-state index >= 15 is 0 Å². The predicted molar refractivity (Wildman–Crippen MR) is 125 cm³/mol. The zero-order valence-electron chi connectivity index (χ0n) is 17.5. The minimum Gasteiger partial charge on any atom is -0.277 e. The molecule has 0 saturated heterocycles. The molecule has 0 radical (unpaired) electrons. The SMILES string of the molecule is CON/C(=N\S(=O)(=O)c1ccc(Cl)cc1)N1CC(c2ccccc2)C(c2ccc(F)cc2)=N1. The van der Waals surface area contributed by atoms with Gasteiger partial charge < -0.3 is 0 Å². The molecule has 33 heavy (non-hydrogen) atoms. The maximum absolute atomic E-state index is 13.5. The Morgan fingerprint density at radius 2 is 1.76 bits per heavy atom. The predicted octanol–water partition coefficient (Wildman–Crippen LogP) is 4.18.